The van der Waals surface area contributed by atoms with E-state index in [4.69, 9.17) is 5.84 Å². The summed E-state index contributed by atoms with van der Waals surface area (Å²) in [5, 5.41) is 11.2. The molecule has 0 atom stereocenters. The maximum Gasteiger partial charge on any atom is 0.307 e. The van der Waals surface area contributed by atoms with Gasteiger partial charge in [-0.25, -0.2) is 0 Å². The van der Waals surface area contributed by atoms with E-state index in [0.29, 0.717) is 10.6 Å². The molecule has 5 nitrogen and oxygen atoms in total. The van der Waals surface area contributed by atoms with Crippen molar-refractivity contribution in [2.24, 2.45) is 5.84 Å². The molecule has 0 aliphatic heterocycles. The van der Waals surface area contributed by atoms with Crippen LogP contribution in [0.25, 0.3) is 0 Å². The number of para-hydroxylation sites is 1. The molecule has 2 aromatic carbocycles. The summed E-state index contributed by atoms with van der Waals surface area (Å²) in [6.07, 6.45) is 0. The zero-order chi connectivity index (χ0) is 14.7. The molecule has 0 saturated heterocycles. The number of hydrogen-bond acceptors (Lipinski definition) is 5. The van der Waals surface area contributed by atoms with Gasteiger partial charge in [-0.3, -0.25) is 16.0 Å². The number of nitro groups is 1. The molecule has 0 aliphatic rings. The second kappa shape index (κ2) is 5.94. The quantitative estimate of drug-likeness (QED) is 0.510. The first-order chi connectivity index (χ1) is 9.52. The molecule has 104 valence electrons. The number of nitrogen functional groups attached to an aromatic ring is 1. The Morgan fingerprint density at radius 1 is 1.20 bits per heavy atom. The number of nitrogens with two attached hydrogens (primary N) is 1. The molecule has 2 rings (SSSR count). The first-order valence-electron chi connectivity index (χ1n) is 6.02. The van der Waals surface area contributed by atoms with Crippen LogP contribution < -0.4 is 11.3 Å². The number of hydrazine groups is 1. The van der Waals surface area contributed by atoms with Gasteiger partial charge in [0.15, 0.2) is 0 Å². The Kier molecular flexibility index (Phi) is 4.26. The van der Waals surface area contributed by atoms with E-state index < -0.39 is 4.92 Å². The second-order valence-corrected chi connectivity index (χ2v) is 5.51. The topological polar surface area (TPSA) is 81.2 Å². The summed E-state index contributed by atoms with van der Waals surface area (Å²) in [4.78, 5) is 12.4. The molecular weight excluding hydrogens is 274 g/mol. The molecule has 0 saturated carbocycles. The van der Waals surface area contributed by atoms with Gasteiger partial charge in [-0.15, -0.1) is 0 Å². The molecule has 3 N–H and O–H groups in total. The average Bonchev–Trinajstić information content (AvgIpc) is 2.42. The van der Waals surface area contributed by atoms with E-state index in [9.17, 15) is 10.1 Å². The first-order valence-corrected chi connectivity index (χ1v) is 6.83. The Bertz CT molecular complexity index is 659. The monoisotopic (exact) mass is 289 g/mol. The number of nitrogens with one attached hydrogen (secondary N) is 1. The second-order valence-electron chi connectivity index (χ2n) is 4.42. The number of anilines is 1. The summed E-state index contributed by atoms with van der Waals surface area (Å²) in [5.41, 5.74) is 4.89. The predicted octanol–water partition coefficient (Wildman–Crippen LogP) is 3.65. The molecule has 0 aliphatic carbocycles. The van der Waals surface area contributed by atoms with Gasteiger partial charge in [-0.2, -0.15) is 0 Å². The molecule has 0 radical (unpaired) electrons. The molecule has 0 unspecified atom stereocenters. The van der Waals surface area contributed by atoms with Gasteiger partial charge in [0.05, 0.1) is 9.82 Å². The van der Waals surface area contributed by atoms with Crippen LogP contribution in [0.5, 0.6) is 0 Å². The van der Waals surface area contributed by atoms with E-state index in [0.717, 1.165) is 16.0 Å². The lowest BCUT2D eigenvalue weighted by Gasteiger charge is -2.09. The highest BCUT2D eigenvalue weighted by Crippen LogP contribution is 2.40. The number of nitro benzene ring substituents is 1. The normalized spacial score (nSPS) is 10.3. The van der Waals surface area contributed by atoms with Crippen molar-refractivity contribution in [1.82, 2.24) is 0 Å². The van der Waals surface area contributed by atoms with Crippen molar-refractivity contribution in [3.63, 3.8) is 0 Å². The van der Waals surface area contributed by atoms with E-state index in [-0.39, 0.29) is 5.69 Å². The van der Waals surface area contributed by atoms with Gasteiger partial charge in [-0.1, -0.05) is 30.0 Å². The highest BCUT2D eigenvalue weighted by Gasteiger charge is 2.20. The molecule has 0 heterocycles. The van der Waals surface area contributed by atoms with Crippen molar-refractivity contribution in [3.8, 4) is 0 Å². The predicted molar refractivity (Wildman–Crippen MR) is 80.9 cm³/mol. The summed E-state index contributed by atoms with van der Waals surface area (Å²) < 4.78 is 0. The number of aryl methyl sites for hydroxylation is 2. The van der Waals surface area contributed by atoms with Gasteiger partial charge in [0.1, 0.15) is 5.69 Å². The van der Waals surface area contributed by atoms with Crippen LogP contribution in [0.4, 0.5) is 11.4 Å². The summed E-state index contributed by atoms with van der Waals surface area (Å²) in [5.74, 6) is 5.34. The lowest BCUT2D eigenvalue weighted by molar-refractivity contribution is -0.386. The summed E-state index contributed by atoms with van der Waals surface area (Å²) in [6, 6.07) is 11.1. The lowest BCUT2D eigenvalue weighted by Crippen LogP contribution is -2.09. The average molecular weight is 289 g/mol. The smallest absolute Gasteiger partial charge is 0.307 e. The van der Waals surface area contributed by atoms with Crippen LogP contribution in [-0.4, -0.2) is 4.92 Å². The molecule has 0 fully saturated rings. The summed E-state index contributed by atoms with van der Waals surface area (Å²) >= 11 is 1.38. The van der Waals surface area contributed by atoms with Gasteiger partial charge in [0.2, 0.25) is 0 Å². The van der Waals surface area contributed by atoms with Crippen molar-refractivity contribution in [2.75, 3.05) is 5.43 Å². The number of benzene rings is 2. The number of rotatable bonds is 4. The van der Waals surface area contributed by atoms with Gasteiger partial charge < -0.3 is 5.43 Å². The van der Waals surface area contributed by atoms with Gasteiger partial charge in [-0.05, 0) is 43.2 Å². The highest BCUT2D eigenvalue weighted by atomic mass is 32.2. The third-order valence-electron chi connectivity index (χ3n) is 2.90. The minimum Gasteiger partial charge on any atom is -0.318 e. The molecule has 0 amide bonds. The zero-order valence-corrected chi connectivity index (χ0v) is 12.0. The Morgan fingerprint density at radius 2 is 1.95 bits per heavy atom. The Morgan fingerprint density at radius 3 is 2.60 bits per heavy atom. The standard InChI is InChI=1S/C14H15N3O2S/c1-9-6-7-10(2)13(8-9)20-12-5-3-4-11(16-15)14(12)17(18)19/h3-8,16H,15H2,1-2H3. The summed E-state index contributed by atoms with van der Waals surface area (Å²) in [7, 11) is 0. The first kappa shape index (κ1) is 14.4. The molecule has 6 heteroatoms. The van der Waals surface area contributed by atoms with Crippen LogP contribution in [0, 0.1) is 24.0 Å². The fourth-order valence-electron chi connectivity index (χ4n) is 1.85. The van der Waals surface area contributed by atoms with Crippen LogP contribution in [0.2, 0.25) is 0 Å². The summed E-state index contributed by atoms with van der Waals surface area (Å²) in [6.45, 7) is 3.98. The van der Waals surface area contributed by atoms with Crippen molar-refractivity contribution in [3.05, 3.63) is 57.6 Å². The number of hydrogen-bond donors (Lipinski definition) is 2. The van der Waals surface area contributed by atoms with Crippen molar-refractivity contribution in [1.29, 1.82) is 0 Å². The van der Waals surface area contributed by atoms with E-state index in [1.54, 1.807) is 18.2 Å². The minimum absolute atomic E-state index is 0.000839. The van der Waals surface area contributed by atoms with E-state index >= 15 is 0 Å². The maximum atomic E-state index is 11.2. The van der Waals surface area contributed by atoms with Crippen LogP contribution in [0.1, 0.15) is 11.1 Å². The number of nitrogens with zero attached hydrogens (tertiary/aromatic N) is 1. The highest BCUT2D eigenvalue weighted by molar-refractivity contribution is 7.99. The molecule has 0 spiro atoms. The minimum atomic E-state index is -0.414. The van der Waals surface area contributed by atoms with Crippen LogP contribution >= 0.6 is 11.8 Å². The van der Waals surface area contributed by atoms with Gasteiger partial charge in [0, 0.05) is 4.90 Å². The fraction of sp³-hybridized carbons (Fsp3) is 0.143. The Labute approximate surface area is 121 Å². The fourth-order valence-corrected chi connectivity index (χ4v) is 2.98. The molecule has 20 heavy (non-hydrogen) atoms. The van der Waals surface area contributed by atoms with Crippen molar-refractivity contribution < 1.29 is 4.92 Å². The van der Waals surface area contributed by atoms with Crippen LogP contribution in [0.15, 0.2) is 46.2 Å². The SMILES string of the molecule is Cc1ccc(C)c(Sc2cccc(NN)c2[N+](=O)[O-])c1. The molecule has 0 aromatic heterocycles. The molecule has 2 aromatic rings. The van der Waals surface area contributed by atoms with E-state index in [1.807, 2.05) is 32.0 Å². The lowest BCUT2D eigenvalue weighted by atomic mass is 10.2. The zero-order valence-electron chi connectivity index (χ0n) is 11.2. The van der Waals surface area contributed by atoms with E-state index in [1.165, 1.54) is 11.8 Å². The largest absolute Gasteiger partial charge is 0.318 e. The van der Waals surface area contributed by atoms with Gasteiger partial charge in [0.25, 0.3) is 0 Å². The Balaban J connectivity index is 2.48. The van der Waals surface area contributed by atoms with Crippen molar-refractivity contribution >= 4 is 23.1 Å². The van der Waals surface area contributed by atoms with Crippen LogP contribution in [-0.2, 0) is 0 Å². The van der Waals surface area contributed by atoms with E-state index in [2.05, 4.69) is 5.43 Å². The molecule has 0 bridgehead atoms. The third-order valence-corrected chi connectivity index (χ3v) is 4.11. The third kappa shape index (κ3) is 2.92. The Hall–Kier alpha value is -2.05. The van der Waals surface area contributed by atoms with Crippen LogP contribution in [0.3, 0.4) is 0 Å². The molecular formula is C14H15N3O2S. The maximum absolute atomic E-state index is 11.2. The van der Waals surface area contributed by atoms with Gasteiger partial charge >= 0.3 is 5.69 Å². The van der Waals surface area contributed by atoms with Crippen molar-refractivity contribution in [2.45, 2.75) is 23.6 Å².